The van der Waals surface area contributed by atoms with Crippen molar-refractivity contribution in [1.82, 2.24) is 10.2 Å². The molecule has 4 heteroatoms. The molecule has 0 radical (unpaired) electrons. The van der Waals surface area contributed by atoms with Crippen LogP contribution in [-0.4, -0.2) is 21.1 Å². The third kappa shape index (κ3) is 1.65. The molecular formula is C7H10N2O2. The Bertz CT molecular complexity index is 265. The molecule has 0 spiro atoms. The molecule has 0 saturated heterocycles. The van der Waals surface area contributed by atoms with Crippen molar-refractivity contribution in [2.75, 3.05) is 0 Å². The monoisotopic (exact) mass is 154 g/mol. The molecular weight excluding hydrogens is 144 g/mol. The van der Waals surface area contributed by atoms with Crippen LogP contribution in [0.2, 0.25) is 0 Å². The number of carbonyl (C=O) groups is 1. The second-order valence-corrected chi connectivity index (χ2v) is 2.44. The molecule has 4 nitrogen and oxygen atoms in total. The lowest BCUT2D eigenvalue weighted by Gasteiger charge is -1.95. The summed E-state index contributed by atoms with van der Waals surface area (Å²) in [7, 11) is 0. The molecule has 1 heterocycles. The minimum atomic E-state index is -0.601. The minimum Gasteiger partial charge on any atom is -0.387 e. The molecule has 0 amide bonds. The molecule has 11 heavy (non-hydrogen) atoms. The van der Waals surface area contributed by atoms with E-state index in [1.807, 2.05) is 0 Å². The lowest BCUT2D eigenvalue weighted by atomic mass is 10.2. The Hall–Kier alpha value is -1.16. The van der Waals surface area contributed by atoms with Crippen LogP contribution < -0.4 is 0 Å². The van der Waals surface area contributed by atoms with Crippen LogP contribution in [0.15, 0.2) is 6.07 Å². The number of hydrogen-bond acceptors (Lipinski definition) is 3. The highest BCUT2D eigenvalue weighted by molar-refractivity contribution is 5.92. The summed E-state index contributed by atoms with van der Waals surface area (Å²) in [5.74, 6) is -0.104. The van der Waals surface area contributed by atoms with E-state index < -0.39 is 6.10 Å². The van der Waals surface area contributed by atoms with Gasteiger partial charge in [-0.3, -0.25) is 9.89 Å². The number of nitrogens with zero attached hydrogens (tertiary/aromatic N) is 1. The lowest BCUT2D eigenvalue weighted by Crippen LogP contribution is -1.90. The number of aromatic nitrogens is 2. The maximum absolute atomic E-state index is 10.7. The summed E-state index contributed by atoms with van der Waals surface area (Å²) in [5.41, 5.74) is 0.927. The smallest absolute Gasteiger partial charge is 0.179 e. The average molecular weight is 154 g/mol. The van der Waals surface area contributed by atoms with Crippen LogP contribution >= 0.6 is 0 Å². The van der Waals surface area contributed by atoms with Gasteiger partial charge < -0.3 is 5.11 Å². The molecule has 1 aromatic heterocycles. The third-order valence-corrected chi connectivity index (χ3v) is 1.41. The summed E-state index contributed by atoms with van der Waals surface area (Å²) < 4.78 is 0. The second-order valence-electron chi connectivity index (χ2n) is 2.44. The van der Waals surface area contributed by atoms with Crippen LogP contribution in [0, 0.1) is 0 Å². The van der Waals surface area contributed by atoms with Gasteiger partial charge in [-0.05, 0) is 13.0 Å². The highest BCUT2D eigenvalue weighted by Crippen LogP contribution is 2.09. The molecule has 0 aromatic carbocycles. The van der Waals surface area contributed by atoms with E-state index in [9.17, 15) is 4.79 Å². The Labute approximate surface area is 64.2 Å². The van der Waals surface area contributed by atoms with Crippen molar-refractivity contribution >= 4 is 5.78 Å². The van der Waals surface area contributed by atoms with Gasteiger partial charge in [0.15, 0.2) is 5.78 Å². The molecule has 0 bridgehead atoms. The summed E-state index contributed by atoms with van der Waals surface area (Å²) >= 11 is 0. The van der Waals surface area contributed by atoms with Crippen molar-refractivity contribution in [2.45, 2.75) is 20.0 Å². The zero-order chi connectivity index (χ0) is 8.43. The number of nitrogens with one attached hydrogen (secondary N) is 1. The Balaban J connectivity index is 2.90. The van der Waals surface area contributed by atoms with E-state index >= 15 is 0 Å². The predicted molar refractivity (Wildman–Crippen MR) is 39.2 cm³/mol. The van der Waals surface area contributed by atoms with E-state index in [0.717, 1.165) is 0 Å². The van der Waals surface area contributed by atoms with Gasteiger partial charge >= 0.3 is 0 Å². The van der Waals surface area contributed by atoms with Crippen LogP contribution in [0.25, 0.3) is 0 Å². The Kier molecular flexibility index (Phi) is 2.05. The van der Waals surface area contributed by atoms with Gasteiger partial charge in [0.05, 0.1) is 11.8 Å². The molecule has 0 aliphatic carbocycles. The summed E-state index contributed by atoms with van der Waals surface area (Å²) in [5, 5.41) is 15.3. The minimum absolute atomic E-state index is 0.104. The van der Waals surface area contributed by atoms with Gasteiger partial charge in [0, 0.05) is 6.92 Å². The maximum Gasteiger partial charge on any atom is 0.179 e. The fourth-order valence-electron chi connectivity index (χ4n) is 0.731. The van der Waals surface area contributed by atoms with Crippen molar-refractivity contribution in [2.24, 2.45) is 0 Å². The first-order chi connectivity index (χ1) is 5.11. The van der Waals surface area contributed by atoms with Crippen LogP contribution in [0.5, 0.6) is 0 Å². The van der Waals surface area contributed by atoms with Crippen molar-refractivity contribution in [3.05, 3.63) is 17.5 Å². The number of Topliss-reactive ketones (excluding diaryl/α,β-unsaturated/α-hetero) is 1. The van der Waals surface area contributed by atoms with Gasteiger partial charge in [0.2, 0.25) is 0 Å². The van der Waals surface area contributed by atoms with E-state index in [1.54, 1.807) is 13.0 Å². The number of carbonyl (C=O) groups excluding carboxylic acids is 1. The molecule has 0 fully saturated rings. The molecule has 0 aliphatic heterocycles. The molecule has 60 valence electrons. The number of aliphatic hydroxyl groups excluding tert-OH is 1. The first-order valence-corrected chi connectivity index (χ1v) is 3.35. The first-order valence-electron chi connectivity index (χ1n) is 3.35. The average Bonchev–Trinajstić information content (AvgIpc) is 2.33. The quantitative estimate of drug-likeness (QED) is 0.615. The topological polar surface area (TPSA) is 66.0 Å². The normalized spacial score (nSPS) is 13.0. The van der Waals surface area contributed by atoms with Crippen molar-refractivity contribution in [3.8, 4) is 0 Å². The van der Waals surface area contributed by atoms with Crippen LogP contribution in [0.1, 0.15) is 36.1 Å². The van der Waals surface area contributed by atoms with E-state index in [-0.39, 0.29) is 5.78 Å². The van der Waals surface area contributed by atoms with Crippen molar-refractivity contribution in [1.29, 1.82) is 0 Å². The van der Waals surface area contributed by atoms with Crippen LogP contribution in [0.3, 0.4) is 0 Å². The number of rotatable bonds is 2. The van der Waals surface area contributed by atoms with Crippen molar-refractivity contribution < 1.29 is 9.90 Å². The van der Waals surface area contributed by atoms with Gasteiger partial charge in [0.1, 0.15) is 5.69 Å². The van der Waals surface area contributed by atoms with Gasteiger partial charge in [-0.15, -0.1) is 0 Å². The fourth-order valence-corrected chi connectivity index (χ4v) is 0.731. The molecule has 0 saturated carbocycles. The summed E-state index contributed by atoms with van der Waals surface area (Å²) in [6, 6.07) is 1.55. The standard InChI is InChI=1S/C7H10N2O2/c1-4(10)6-3-7(5(2)11)9-8-6/h3-4,10H,1-2H3,(H,8,9). The number of H-pyrrole nitrogens is 1. The molecule has 1 aromatic rings. The summed E-state index contributed by atoms with van der Waals surface area (Å²) in [6.45, 7) is 3.04. The van der Waals surface area contributed by atoms with Crippen LogP contribution in [-0.2, 0) is 0 Å². The molecule has 1 unspecified atom stereocenters. The van der Waals surface area contributed by atoms with E-state index in [0.29, 0.717) is 11.4 Å². The maximum atomic E-state index is 10.7. The molecule has 1 atom stereocenters. The predicted octanol–water partition coefficient (Wildman–Crippen LogP) is 0.666. The Morgan fingerprint density at radius 1 is 1.82 bits per heavy atom. The Morgan fingerprint density at radius 2 is 2.45 bits per heavy atom. The van der Waals surface area contributed by atoms with Gasteiger partial charge in [0.25, 0.3) is 0 Å². The van der Waals surface area contributed by atoms with E-state index in [2.05, 4.69) is 10.2 Å². The summed E-state index contributed by atoms with van der Waals surface area (Å²) in [6.07, 6.45) is -0.601. The zero-order valence-electron chi connectivity index (χ0n) is 6.46. The lowest BCUT2D eigenvalue weighted by molar-refractivity contribution is 0.101. The number of aliphatic hydroxyl groups is 1. The molecule has 0 aliphatic rings. The van der Waals surface area contributed by atoms with Gasteiger partial charge in [-0.25, -0.2) is 0 Å². The summed E-state index contributed by atoms with van der Waals surface area (Å²) in [4.78, 5) is 10.7. The fraction of sp³-hybridized carbons (Fsp3) is 0.429. The largest absolute Gasteiger partial charge is 0.387 e. The zero-order valence-corrected chi connectivity index (χ0v) is 6.46. The van der Waals surface area contributed by atoms with Crippen LogP contribution in [0.4, 0.5) is 0 Å². The van der Waals surface area contributed by atoms with E-state index in [4.69, 9.17) is 5.11 Å². The second kappa shape index (κ2) is 2.84. The highest BCUT2D eigenvalue weighted by atomic mass is 16.3. The van der Waals surface area contributed by atoms with Gasteiger partial charge in [-0.2, -0.15) is 5.10 Å². The highest BCUT2D eigenvalue weighted by Gasteiger charge is 2.07. The third-order valence-electron chi connectivity index (χ3n) is 1.41. The molecule has 2 N–H and O–H groups in total. The Morgan fingerprint density at radius 3 is 2.73 bits per heavy atom. The number of hydrogen-bond donors (Lipinski definition) is 2. The molecule has 1 rings (SSSR count). The first kappa shape index (κ1) is 7.94. The van der Waals surface area contributed by atoms with Crippen molar-refractivity contribution in [3.63, 3.8) is 0 Å². The van der Waals surface area contributed by atoms with E-state index in [1.165, 1.54) is 6.92 Å². The van der Waals surface area contributed by atoms with Gasteiger partial charge in [-0.1, -0.05) is 0 Å². The number of ketones is 1. The number of aromatic amines is 1. The SMILES string of the molecule is CC(=O)c1cc(C(C)O)[nH]n1.